The number of benzene rings is 1. The lowest BCUT2D eigenvalue weighted by Crippen LogP contribution is -2.37. The number of anilines is 1. The third-order valence-corrected chi connectivity index (χ3v) is 3.58. The van der Waals surface area contributed by atoms with Crippen LogP contribution in [0.3, 0.4) is 0 Å². The number of carbonyl (C=O) groups is 1. The molecule has 1 aromatic rings. The van der Waals surface area contributed by atoms with Crippen molar-refractivity contribution in [2.24, 2.45) is 5.92 Å². The van der Waals surface area contributed by atoms with Gasteiger partial charge < -0.3 is 20.3 Å². The van der Waals surface area contributed by atoms with Crippen molar-refractivity contribution in [2.45, 2.75) is 12.8 Å². The zero-order valence-electron chi connectivity index (χ0n) is 12.9. The molecule has 0 saturated carbocycles. The van der Waals surface area contributed by atoms with E-state index in [-0.39, 0.29) is 11.8 Å². The van der Waals surface area contributed by atoms with E-state index in [0.29, 0.717) is 6.61 Å². The quantitative estimate of drug-likeness (QED) is 0.835. The Kier molecular flexibility index (Phi) is 6.02. The maximum Gasteiger partial charge on any atom is 0.228 e. The van der Waals surface area contributed by atoms with Crippen molar-refractivity contribution in [1.82, 2.24) is 10.2 Å². The number of piperidine rings is 1. The third kappa shape index (κ3) is 5.36. The van der Waals surface area contributed by atoms with Crippen LogP contribution in [0.5, 0.6) is 5.75 Å². The molecule has 0 aromatic heterocycles. The number of carbonyl (C=O) groups excluding carboxylic acids is 1. The first kappa shape index (κ1) is 15.8. The summed E-state index contributed by atoms with van der Waals surface area (Å²) in [4.78, 5) is 14.3. The Hall–Kier alpha value is -1.59. The fourth-order valence-electron chi connectivity index (χ4n) is 2.33. The number of likely N-dealkylation sites (N-methyl/N-ethyl adjacent to an activating group) is 1. The summed E-state index contributed by atoms with van der Waals surface area (Å²) >= 11 is 0. The van der Waals surface area contributed by atoms with E-state index in [2.05, 4.69) is 15.5 Å². The van der Waals surface area contributed by atoms with Gasteiger partial charge in [-0.15, -0.1) is 0 Å². The lowest BCUT2D eigenvalue weighted by molar-refractivity contribution is -0.120. The molecule has 0 unspecified atom stereocenters. The average molecular weight is 291 g/mol. The van der Waals surface area contributed by atoms with E-state index in [9.17, 15) is 4.79 Å². The van der Waals surface area contributed by atoms with Gasteiger partial charge in [0.15, 0.2) is 0 Å². The fraction of sp³-hybridized carbons (Fsp3) is 0.562. The predicted molar refractivity (Wildman–Crippen MR) is 84.7 cm³/mol. The van der Waals surface area contributed by atoms with Gasteiger partial charge >= 0.3 is 0 Å². The number of hydrogen-bond donors (Lipinski definition) is 2. The standard InChI is InChI=1S/C16H25N3O2/c1-19(2)9-10-21-15-7-3-6-14(11-15)18-16(20)13-5-4-8-17-12-13/h3,6-7,11,13,17H,4-5,8-10,12H2,1-2H3,(H,18,20)/t13-/m0/s1. The second-order valence-electron chi connectivity index (χ2n) is 5.71. The second kappa shape index (κ2) is 8.00. The molecule has 0 aliphatic carbocycles. The number of amides is 1. The minimum Gasteiger partial charge on any atom is -0.492 e. The van der Waals surface area contributed by atoms with Crippen LogP contribution in [0.4, 0.5) is 5.69 Å². The highest BCUT2D eigenvalue weighted by Gasteiger charge is 2.20. The minimum absolute atomic E-state index is 0.0667. The summed E-state index contributed by atoms with van der Waals surface area (Å²) in [5.74, 6) is 0.945. The van der Waals surface area contributed by atoms with Crippen LogP contribution in [-0.2, 0) is 4.79 Å². The predicted octanol–water partition coefficient (Wildman–Crippen LogP) is 1.57. The number of ether oxygens (including phenoxy) is 1. The maximum absolute atomic E-state index is 12.2. The smallest absolute Gasteiger partial charge is 0.228 e. The van der Waals surface area contributed by atoms with E-state index in [1.807, 2.05) is 38.4 Å². The van der Waals surface area contributed by atoms with Gasteiger partial charge in [-0.25, -0.2) is 0 Å². The Morgan fingerprint density at radius 3 is 3.05 bits per heavy atom. The molecule has 5 heteroatoms. The van der Waals surface area contributed by atoms with E-state index in [4.69, 9.17) is 4.74 Å². The summed E-state index contributed by atoms with van der Waals surface area (Å²) in [5, 5.41) is 6.24. The van der Waals surface area contributed by atoms with Crippen molar-refractivity contribution in [3.63, 3.8) is 0 Å². The van der Waals surface area contributed by atoms with Crippen LogP contribution in [0, 0.1) is 5.92 Å². The lowest BCUT2D eigenvalue weighted by Gasteiger charge is -2.22. The van der Waals surface area contributed by atoms with E-state index < -0.39 is 0 Å². The van der Waals surface area contributed by atoms with Crippen molar-refractivity contribution >= 4 is 11.6 Å². The van der Waals surface area contributed by atoms with E-state index in [1.54, 1.807) is 0 Å². The largest absolute Gasteiger partial charge is 0.492 e. The monoisotopic (exact) mass is 291 g/mol. The van der Waals surface area contributed by atoms with Crippen LogP contribution in [0.1, 0.15) is 12.8 Å². The molecular weight excluding hydrogens is 266 g/mol. The van der Waals surface area contributed by atoms with Crippen molar-refractivity contribution in [3.05, 3.63) is 24.3 Å². The molecule has 0 bridgehead atoms. The highest BCUT2D eigenvalue weighted by Crippen LogP contribution is 2.19. The number of nitrogens with zero attached hydrogens (tertiary/aromatic N) is 1. The number of rotatable bonds is 6. The van der Waals surface area contributed by atoms with E-state index in [1.165, 1.54) is 0 Å². The average Bonchev–Trinajstić information content (AvgIpc) is 2.48. The van der Waals surface area contributed by atoms with Gasteiger partial charge in [0.05, 0.1) is 5.92 Å². The first-order valence-corrected chi connectivity index (χ1v) is 7.54. The molecule has 0 radical (unpaired) electrons. The highest BCUT2D eigenvalue weighted by atomic mass is 16.5. The van der Waals surface area contributed by atoms with Gasteiger partial charge in [0, 0.05) is 24.8 Å². The molecule has 1 amide bonds. The molecule has 5 nitrogen and oxygen atoms in total. The molecule has 1 aromatic carbocycles. The summed E-state index contributed by atoms with van der Waals surface area (Å²) in [6.45, 7) is 3.28. The summed E-state index contributed by atoms with van der Waals surface area (Å²) in [6, 6.07) is 7.59. The highest BCUT2D eigenvalue weighted by molar-refractivity contribution is 5.92. The molecule has 1 atom stereocenters. The van der Waals surface area contributed by atoms with Crippen LogP contribution < -0.4 is 15.4 Å². The van der Waals surface area contributed by atoms with Crippen molar-refractivity contribution in [2.75, 3.05) is 45.7 Å². The summed E-state index contributed by atoms with van der Waals surface area (Å²) < 4.78 is 5.68. The molecule has 1 aliphatic heterocycles. The van der Waals surface area contributed by atoms with Crippen molar-refractivity contribution in [1.29, 1.82) is 0 Å². The van der Waals surface area contributed by atoms with Crippen LogP contribution in [0.2, 0.25) is 0 Å². The van der Waals surface area contributed by atoms with Crippen LogP contribution in [0.25, 0.3) is 0 Å². The second-order valence-corrected chi connectivity index (χ2v) is 5.71. The van der Waals surface area contributed by atoms with Gasteiger partial charge in [-0.1, -0.05) is 6.07 Å². The molecule has 116 valence electrons. The molecule has 1 heterocycles. The fourth-order valence-corrected chi connectivity index (χ4v) is 2.33. The Balaban J connectivity index is 1.86. The molecule has 0 spiro atoms. The van der Waals surface area contributed by atoms with Gasteiger partial charge in [-0.05, 0) is 45.6 Å². The number of nitrogens with one attached hydrogen (secondary N) is 2. The van der Waals surface area contributed by atoms with Crippen LogP contribution in [-0.4, -0.2) is 51.1 Å². The Morgan fingerprint density at radius 2 is 2.33 bits per heavy atom. The van der Waals surface area contributed by atoms with Crippen LogP contribution >= 0.6 is 0 Å². The number of hydrogen-bond acceptors (Lipinski definition) is 4. The molecule has 2 rings (SSSR count). The van der Waals surface area contributed by atoms with Gasteiger partial charge in [0.25, 0.3) is 0 Å². The van der Waals surface area contributed by atoms with Gasteiger partial charge in [0.1, 0.15) is 12.4 Å². The maximum atomic E-state index is 12.2. The Morgan fingerprint density at radius 1 is 1.48 bits per heavy atom. The molecular formula is C16H25N3O2. The van der Waals surface area contributed by atoms with E-state index in [0.717, 1.165) is 43.9 Å². The summed E-state index contributed by atoms with van der Waals surface area (Å²) in [7, 11) is 4.02. The SMILES string of the molecule is CN(C)CCOc1cccc(NC(=O)[C@H]2CCCNC2)c1. The van der Waals surface area contributed by atoms with Gasteiger partial charge in [0.2, 0.25) is 5.91 Å². The van der Waals surface area contributed by atoms with E-state index >= 15 is 0 Å². The first-order chi connectivity index (χ1) is 10.1. The van der Waals surface area contributed by atoms with Crippen LogP contribution in [0.15, 0.2) is 24.3 Å². The first-order valence-electron chi connectivity index (χ1n) is 7.54. The molecule has 1 fully saturated rings. The third-order valence-electron chi connectivity index (χ3n) is 3.58. The molecule has 1 saturated heterocycles. The topological polar surface area (TPSA) is 53.6 Å². The summed E-state index contributed by atoms with van der Waals surface area (Å²) in [6.07, 6.45) is 2.02. The van der Waals surface area contributed by atoms with Gasteiger partial charge in [-0.2, -0.15) is 0 Å². The zero-order valence-corrected chi connectivity index (χ0v) is 12.9. The normalized spacial score (nSPS) is 18.5. The molecule has 2 N–H and O–H groups in total. The Labute approximate surface area is 126 Å². The minimum atomic E-state index is 0.0667. The summed E-state index contributed by atoms with van der Waals surface area (Å²) in [5.41, 5.74) is 0.799. The zero-order chi connectivity index (χ0) is 15.1. The van der Waals surface area contributed by atoms with Crippen molar-refractivity contribution < 1.29 is 9.53 Å². The Bertz CT molecular complexity index is 457. The van der Waals surface area contributed by atoms with Crippen molar-refractivity contribution in [3.8, 4) is 5.75 Å². The van der Waals surface area contributed by atoms with Gasteiger partial charge in [-0.3, -0.25) is 4.79 Å². The molecule has 21 heavy (non-hydrogen) atoms. The lowest BCUT2D eigenvalue weighted by atomic mass is 9.99. The molecule has 1 aliphatic rings.